The zero-order valence-electron chi connectivity index (χ0n) is 10.5. The Hall–Kier alpha value is -0.710. The lowest BCUT2D eigenvalue weighted by atomic mass is 9.93. The maximum atomic E-state index is 11.1. The van der Waals surface area contributed by atoms with Gasteiger partial charge in [0, 0.05) is 11.3 Å². The van der Waals surface area contributed by atoms with Gasteiger partial charge < -0.3 is 11.1 Å². The average Bonchev–Trinajstić information content (AvgIpc) is 2.13. The summed E-state index contributed by atoms with van der Waals surface area (Å²) < 4.78 is 0. The number of nitrogens with two attached hydrogens (primary N) is 1. The molecule has 1 amide bonds. The second-order valence-electron chi connectivity index (χ2n) is 5.48. The molecule has 5 heteroatoms. The van der Waals surface area contributed by atoms with E-state index in [0.29, 0.717) is 6.54 Å². The molecule has 0 radical (unpaired) electrons. The van der Waals surface area contributed by atoms with Crippen LogP contribution in [-0.4, -0.2) is 28.9 Å². The molecule has 3 N–H and O–H groups in total. The first-order valence-corrected chi connectivity index (χ1v) is 6.47. The van der Waals surface area contributed by atoms with Crippen LogP contribution in [-0.2, 0) is 4.79 Å². The summed E-state index contributed by atoms with van der Waals surface area (Å²) in [6, 6.07) is 0. The predicted molar refractivity (Wildman–Crippen MR) is 69.6 cm³/mol. The number of amidine groups is 1. The van der Waals surface area contributed by atoms with Gasteiger partial charge in [0.2, 0.25) is 5.91 Å². The molecule has 0 bridgehead atoms. The highest BCUT2D eigenvalue weighted by molar-refractivity contribution is 8.13. The summed E-state index contributed by atoms with van der Waals surface area (Å²) in [5.74, 6) is 0.757. The Labute approximate surface area is 101 Å². The summed E-state index contributed by atoms with van der Waals surface area (Å²) >= 11 is 1.70. The summed E-state index contributed by atoms with van der Waals surface area (Å²) in [4.78, 5) is 15.6. The number of nitrogens with zero attached hydrogens (tertiary/aromatic N) is 1. The Morgan fingerprint density at radius 1 is 1.62 bits per heavy atom. The third-order valence-corrected chi connectivity index (χ3v) is 3.61. The van der Waals surface area contributed by atoms with E-state index >= 15 is 0 Å². The molecule has 0 aromatic heterocycles. The molecule has 16 heavy (non-hydrogen) atoms. The van der Waals surface area contributed by atoms with Crippen LogP contribution in [0.4, 0.5) is 0 Å². The fourth-order valence-corrected chi connectivity index (χ4v) is 2.53. The van der Waals surface area contributed by atoms with Crippen LogP contribution in [0.1, 0.15) is 34.1 Å². The molecule has 0 aliphatic carbocycles. The number of amides is 1. The highest BCUT2D eigenvalue weighted by atomic mass is 32.2. The van der Waals surface area contributed by atoms with Gasteiger partial charge in [0.05, 0.1) is 12.0 Å². The number of hydrogen-bond acceptors (Lipinski definition) is 3. The Balaban J connectivity index is 2.61. The lowest BCUT2D eigenvalue weighted by Crippen LogP contribution is -2.46. The molecule has 0 spiro atoms. The molecule has 1 heterocycles. The van der Waals surface area contributed by atoms with Gasteiger partial charge in [-0.05, 0) is 34.1 Å². The van der Waals surface area contributed by atoms with Gasteiger partial charge >= 0.3 is 0 Å². The van der Waals surface area contributed by atoms with E-state index in [2.05, 4.69) is 24.2 Å². The highest BCUT2D eigenvalue weighted by Gasteiger charge is 2.27. The minimum Gasteiger partial charge on any atom is -0.369 e. The molecule has 1 aliphatic rings. The van der Waals surface area contributed by atoms with Gasteiger partial charge in [-0.3, -0.25) is 9.79 Å². The maximum Gasteiger partial charge on any atom is 0.224 e. The van der Waals surface area contributed by atoms with Crippen LogP contribution in [0.5, 0.6) is 0 Å². The first-order valence-electron chi connectivity index (χ1n) is 5.48. The molecule has 1 saturated heterocycles. The lowest BCUT2D eigenvalue weighted by molar-refractivity contribution is -0.125. The molecule has 92 valence electrons. The molecule has 0 aromatic carbocycles. The second-order valence-corrected chi connectivity index (χ2v) is 6.56. The number of primary amides is 1. The number of hydrogen-bond donors (Lipinski definition) is 2. The van der Waals surface area contributed by atoms with Crippen molar-refractivity contribution in [1.82, 2.24) is 5.32 Å². The van der Waals surface area contributed by atoms with Crippen molar-refractivity contribution in [2.24, 2.45) is 16.1 Å². The van der Waals surface area contributed by atoms with Crippen molar-refractivity contribution in [1.29, 1.82) is 0 Å². The third kappa shape index (κ3) is 3.70. The largest absolute Gasteiger partial charge is 0.369 e. The monoisotopic (exact) mass is 243 g/mol. The van der Waals surface area contributed by atoms with Gasteiger partial charge in [-0.25, -0.2) is 0 Å². The van der Waals surface area contributed by atoms with Gasteiger partial charge in [0.1, 0.15) is 0 Å². The number of rotatable bonds is 3. The predicted octanol–water partition coefficient (Wildman–Crippen LogP) is 1.36. The molecule has 0 aromatic rings. The molecule has 1 aliphatic heterocycles. The van der Waals surface area contributed by atoms with Crippen LogP contribution in [0, 0.1) is 5.41 Å². The van der Waals surface area contributed by atoms with Crippen molar-refractivity contribution in [3.05, 3.63) is 0 Å². The fraction of sp³-hybridized carbons (Fsp3) is 0.818. The Bertz CT molecular complexity index is 310. The second kappa shape index (κ2) is 4.65. The molecule has 0 atom stereocenters. The van der Waals surface area contributed by atoms with E-state index in [-0.39, 0.29) is 11.4 Å². The molecule has 4 nitrogen and oxygen atoms in total. The van der Waals surface area contributed by atoms with Crippen molar-refractivity contribution in [2.45, 2.75) is 39.7 Å². The standard InChI is InChI=1S/C11H21N3OS/c1-10(2,8(12)15)7-13-9-14-11(3,4)5-6-16-9/h5-7H2,1-4H3,(H2,12,15)(H,13,14). The van der Waals surface area contributed by atoms with E-state index in [1.807, 2.05) is 13.8 Å². The zero-order chi connectivity index (χ0) is 12.4. The van der Waals surface area contributed by atoms with Crippen molar-refractivity contribution in [2.75, 3.05) is 12.3 Å². The van der Waals surface area contributed by atoms with Crippen molar-refractivity contribution in [3.8, 4) is 0 Å². The van der Waals surface area contributed by atoms with E-state index in [4.69, 9.17) is 5.73 Å². The maximum absolute atomic E-state index is 11.1. The first-order chi connectivity index (χ1) is 7.23. The summed E-state index contributed by atoms with van der Waals surface area (Å²) in [6.45, 7) is 8.38. The third-order valence-electron chi connectivity index (χ3n) is 2.70. The average molecular weight is 243 g/mol. The van der Waals surface area contributed by atoms with Crippen LogP contribution in [0.15, 0.2) is 4.99 Å². The van der Waals surface area contributed by atoms with Crippen molar-refractivity contribution < 1.29 is 4.79 Å². The van der Waals surface area contributed by atoms with Gasteiger partial charge in [-0.1, -0.05) is 11.8 Å². The van der Waals surface area contributed by atoms with Crippen LogP contribution in [0.2, 0.25) is 0 Å². The number of thioether (sulfide) groups is 1. The molecule has 1 rings (SSSR count). The van der Waals surface area contributed by atoms with Crippen LogP contribution < -0.4 is 11.1 Å². The van der Waals surface area contributed by atoms with E-state index in [1.54, 1.807) is 11.8 Å². The lowest BCUT2D eigenvalue weighted by Gasteiger charge is -2.32. The zero-order valence-corrected chi connectivity index (χ0v) is 11.3. The normalized spacial score (nSPS) is 22.9. The van der Waals surface area contributed by atoms with Crippen molar-refractivity contribution >= 4 is 22.8 Å². The number of nitrogens with one attached hydrogen (secondary N) is 1. The quantitative estimate of drug-likeness (QED) is 0.786. The minimum absolute atomic E-state index is 0.0982. The summed E-state index contributed by atoms with van der Waals surface area (Å²) in [5.41, 5.74) is 4.83. The Kier molecular flexibility index (Phi) is 3.88. The van der Waals surface area contributed by atoms with Gasteiger partial charge in [0.25, 0.3) is 0 Å². The van der Waals surface area contributed by atoms with E-state index < -0.39 is 5.41 Å². The van der Waals surface area contributed by atoms with Crippen molar-refractivity contribution in [3.63, 3.8) is 0 Å². The van der Waals surface area contributed by atoms with Crippen LogP contribution in [0.3, 0.4) is 0 Å². The van der Waals surface area contributed by atoms with Crippen LogP contribution in [0.25, 0.3) is 0 Å². The van der Waals surface area contributed by atoms with Gasteiger partial charge in [-0.15, -0.1) is 0 Å². The first kappa shape index (κ1) is 13.4. The molecular weight excluding hydrogens is 222 g/mol. The molecule has 0 unspecified atom stereocenters. The van der Waals surface area contributed by atoms with E-state index in [0.717, 1.165) is 17.3 Å². The Morgan fingerprint density at radius 2 is 2.25 bits per heavy atom. The summed E-state index contributed by atoms with van der Waals surface area (Å²) in [7, 11) is 0. The summed E-state index contributed by atoms with van der Waals surface area (Å²) in [6.07, 6.45) is 1.12. The fourth-order valence-electron chi connectivity index (χ4n) is 1.22. The highest BCUT2D eigenvalue weighted by Crippen LogP contribution is 2.22. The molecule has 0 saturated carbocycles. The summed E-state index contributed by atoms with van der Waals surface area (Å²) in [5, 5.41) is 4.29. The minimum atomic E-state index is -0.573. The topological polar surface area (TPSA) is 67.5 Å². The number of aliphatic imine (C=N–C) groups is 1. The van der Waals surface area contributed by atoms with Gasteiger partial charge in [-0.2, -0.15) is 0 Å². The van der Waals surface area contributed by atoms with Gasteiger partial charge in [0.15, 0.2) is 5.17 Å². The molecular formula is C11H21N3OS. The van der Waals surface area contributed by atoms with Crippen LogP contribution >= 0.6 is 11.8 Å². The molecule has 1 fully saturated rings. The number of carbonyl (C=O) groups excluding carboxylic acids is 1. The van der Waals surface area contributed by atoms with E-state index in [1.165, 1.54) is 0 Å². The smallest absolute Gasteiger partial charge is 0.224 e. The number of carbonyl (C=O) groups is 1. The van der Waals surface area contributed by atoms with E-state index in [9.17, 15) is 4.79 Å². The Morgan fingerprint density at radius 3 is 2.75 bits per heavy atom. The SMILES string of the molecule is CC1(C)CCSC(=NCC(C)(C)C(N)=O)N1.